The van der Waals surface area contributed by atoms with Crippen molar-refractivity contribution in [3.8, 4) is 5.75 Å². The number of anilines is 1. The lowest BCUT2D eigenvalue weighted by Gasteiger charge is -2.12. The zero-order valence-corrected chi connectivity index (χ0v) is 17.0. The maximum Gasteiger partial charge on any atom is 0.348 e. The molecule has 0 saturated carbocycles. The summed E-state index contributed by atoms with van der Waals surface area (Å²) in [6.07, 6.45) is 0. The quantitative estimate of drug-likeness (QED) is 0.726. The average Bonchev–Trinajstić information content (AvgIpc) is 2.98. The molecule has 2 rings (SSSR count). The molecule has 0 aliphatic carbocycles. The number of sulfonamides is 1. The number of nitrogens with one attached hydrogen (secondary N) is 1. The van der Waals surface area contributed by atoms with Crippen LogP contribution in [0.4, 0.5) is 5.69 Å². The van der Waals surface area contributed by atoms with Gasteiger partial charge < -0.3 is 14.2 Å². The van der Waals surface area contributed by atoms with Gasteiger partial charge in [0.25, 0.3) is 10.0 Å². The SMILES string of the molecule is COC(=O)c1sc(S(=O)(=O)Nc2cc(C)ccc2OC)c(C(=O)OC)c1C. The van der Waals surface area contributed by atoms with Crippen molar-refractivity contribution in [3.63, 3.8) is 0 Å². The molecule has 1 aromatic carbocycles. The number of rotatable bonds is 6. The molecule has 0 amide bonds. The van der Waals surface area contributed by atoms with Crippen molar-refractivity contribution in [1.29, 1.82) is 0 Å². The van der Waals surface area contributed by atoms with Crippen LogP contribution in [0.25, 0.3) is 0 Å². The summed E-state index contributed by atoms with van der Waals surface area (Å²) in [5, 5.41) is 0. The number of hydrogen-bond acceptors (Lipinski definition) is 8. The van der Waals surface area contributed by atoms with Crippen molar-refractivity contribution in [3.05, 3.63) is 39.8 Å². The summed E-state index contributed by atoms with van der Waals surface area (Å²) < 4.78 is 42.6. The van der Waals surface area contributed by atoms with E-state index < -0.39 is 22.0 Å². The van der Waals surface area contributed by atoms with Gasteiger partial charge in [-0.3, -0.25) is 4.72 Å². The highest BCUT2D eigenvalue weighted by atomic mass is 32.2. The second kappa shape index (κ2) is 7.97. The van der Waals surface area contributed by atoms with Gasteiger partial charge in [-0.1, -0.05) is 6.07 Å². The van der Waals surface area contributed by atoms with E-state index in [4.69, 9.17) is 9.47 Å². The smallest absolute Gasteiger partial charge is 0.348 e. The molecule has 0 spiro atoms. The molecule has 0 bridgehead atoms. The van der Waals surface area contributed by atoms with Crippen LogP contribution in [0.15, 0.2) is 22.4 Å². The molecule has 27 heavy (non-hydrogen) atoms. The molecule has 0 unspecified atom stereocenters. The number of esters is 2. The highest BCUT2D eigenvalue weighted by molar-refractivity contribution is 7.94. The molecule has 10 heteroatoms. The van der Waals surface area contributed by atoms with Gasteiger partial charge in [0.15, 0.2) is 4.21 Å². The maximum absolute atomic E-state index is 13.0. The summed E-state index contributed by atoms with van der Waals surface area (Å²) in [5.41, 5.74) is 0.982. The summed E-state index contributed by atoms with van der Waals surface area (Å²) in [4.78, 5) is 24.1. The van der Waals surface area contributed by atoms with E-state index in [-0.39, 0.29) is 25.9 Å². The van der Waals surface area contributed by atoms with E-state index in [0.717, 1.165) is 12.7 Å². The Hall–Kier alpha value is -2.59. The minimum Gasteiger partial charge on any atom is -0.495 e. The predicted octanol–water partition coefficient (Wildman–Crippen LogP) is 2.75. The molecule has 2 aromatic rings. The Morgan fingerprint density at radius 2 is 1.67 bits per heavy atom. The van der Waals surface area contributed by atoms with E-state index in [1.807, 2.05) is 0 Å². The lowest BCUT2D eigenvalue weighted by molar-refractivity contribution is 0.0596. The van der Waals surface area contributed by atoms with Crippen molar-refractivity contribution in [2.45, 2.75) is 18.1 Å². The van der Waals surface area contributed by atoms with Crippen molar-refractivity contribution >= 4 is 39.0 Å². The molecular weight excluding hydrogens is 394 g/mol. The highest BCUT2D eigenvalue weighted by Gasteiger charge is 2.33. The first-order valence-electron chi connectivity index (χ1n) is 7.63. The zero-order chi connectivity index (χ0) is 20.4. The van der Waals surface area contributed by atoms with Crippen LogP contribution in [-0.4, -0.2) is 41.7 Å². The van der Waals surface area contributed by atoms with Crippen LogP contribution >= 0.6 is 11.3 Å². The standard InChI is InChI=1S/C17H19NO7S2/c1-9-6-7-12(23-3)11(8-9)18-27(21,22)17-13(15(19)24-4)10(2)14(26-17)16(20)25-5/h6-8,18H,1-5H3. The molecular formula is C17H19NO7S2. The monoisotopic (exact) mass is 413 g/mol. The highest BCUT2D eigenvalue weighted by Crippen LogP contribution is 2.35. The first-order valence-corrected chi connectivity index (χ1v) is 9.93. The van der Waals surface area contributed by atoms with Crippen LogP contribution in [0.1, 0.15) is 31.2 Å². The lowest BCUT2D eigenvalue weighted by atomic mass is 10.2. The van der Waals surface area contributed by atoms with Gasteiger partial charge in [-0.05, 0) is 37.1 Å². The van der Waals surface area contributed by atoms with E-state index in [2.05, 4.69) is 9.46 Å². The third-order valence-electron chi connectivity index (χ3n) is 3.72. The molecule has 0 saturated heterocycles. The zero-order valence-electron chi connectivity index (χ0n) is 15.4. The molecule has 0 atom stereocenters. The second-order valence-corrected chi connectivity index (χ2v) is 8.41. The van der Waals surface area contributed by atoms with Crippen molar-refractivity contribution < 1.29 is 32.2 Å². The van der Waals surface area contributed by atoms with Gasteiger partial charge >= 0.3 is 11.9 Å². The minimum atomic E-state index is -4.21. The van der Waals surface area contributed by atoms with Crippen LogP contribution in [0.5, 0.6) is 5.75 Å². The number of ether oxygens (including phenoxy) is 3. The largest absolute Gasteiger partial charge is 0.495 e. The minimum absolute atomic E-state index is 0.00878. The average molecular weight is 413 g/mol. The Labute approximate surface area is 161 Å². The van der Waals surface area contributed by atoms with Gasteiger partial charge in [0, 0.05) is 0 Å². The first-order chi connectivity index (χ1) is 12.7. The molecule has 146 valence electrons. The Morgan fingerprint density at radius 1 is 1.04 bits per heavy atom. The predicted molar refractivity (Wildman–Crippen MR) is 100 cm³/mol. The van der Waals surface area contributed by atoms with Crippen molar-refractivity contribution in [2.75, 3.05) is 26.1 Å². The molecule has 1 aromatic heterocycles. The van der Waals surface area contributed by atoms with Crippen LogP contribution < -0.4 is 9.46 Å². The van der Waals surface area contributed by atoms with Gasteiger partial charge in [0.2, 0.25) is 0 Å². The fourth-order valence-corrected chi connectivity index (χ4v) is 5.20. The summed E-state index contributed by atoms with van der Waals surface area (Å²) in [6.45, 7) is 3.25. The number of carbonyl (C=O) groups excluding carboxylic acids is 2. The van der Waals surface area contributed by atoms with Gasteiger partial charge in [0.1, 0.15) is 10.6 Å². The van der Waals surface area contributed by atoms with Gasteiger partial charge in [-0.15, -0.1) is 11.3 Å². The molecule has 1 heterocycles. The van der Waals surface area contributed by atoms with E-state index in [1.165, 1.54) is 21.1 Å². The summed E-state index contributed by atoms with van der Waals surface area (Å²) in [7, 11) is -0.503. The molecule has 1 N–H and O–H groups in total. The fourth-order valence-electron chi connectivity index (χ4n) is 2.39. The van der Waals surface area contributed by atoms with Crippen molar-refractivity contribution in [1.82, 2.24) is 0 Å². The van der Waals surface area contributed by atoms with Gasteiger partial charge in [0.05, 0.1) is 32.6 Å². The number of benzene rings is 1. The van der Waals surface area contributed by atoms with Crippen LogP contribution in [0.3, 0.4) is 0 Å². The molecule has 0 fully saturated rings. The van der Waals surface area contributed by atoms with Crippen LogP contribution in [-0.2, 0) is 19.5 Å². The Morgan fingerprint density at radius 3 is 2.22 bits per heavy atom. The van der Waals surface area contributed by atoms with Crippen LogP contribution in [0.2, 0.25) is 0 Å². The van der Waals surface area contributed by atoms with E-state index in [9.17, 15) is 18.0 Å². The normalized spacial score (nSPS) is 11.0. The van der Waals surface area contributed by atoms with Gasteiger partial charge in [-0.25, -0.2) is 18.0 Å². The number of hydrogen-bond donors (Lipinski definition) is 1. The van der Waals surface area contributed by atoms with E-state index in [1.54, 1.807) is 25.1 Å². The second-order valence-electron chi connectivity index (χ2n) is 5.51. The van der Waals surface area contributed by atoms with Crippen molar-refractivity contribution in [2.24, 2.45) is 0 Å². The van der Waals surface area contributed by atoms with E-state index >= 15 is 0 Å². The Bertz CT molecular complexity index is 993. The van der Waals surface area contributed by atoms with Gasteiger partial charge in [-0.2, -0.15) is 0 Å². The molecule has 8 nitrogen and oxygen atoms in total. The molecule has 0 aliphatic heterocycles. The fraction of sp³-hybridized carbons (Fsp3) is 0.294. The Balaban J connectivity index is 2.63. The third kappa shape index (κ3) is 4.06. The maximum atomic E-state index is 13.0. The number of methoxy groups -OCH3 is 3. The molecule has 0 aliphatic rings. The third-order valence-corrected chi connectivity index (χ3v) is 6.87. The number of thiophene rings is 1. The molecule has 0 radical (unpaired) electrons. The topological polar surface area (TPSA) is 108 Å². The first kappa shape index (κ1) is 20.7. The number of aryl methyl sites for hydroxylation is 1. The summed E-state index contributed by atoms with van der Waals surface area (Å²) in [5.74, 6) is -1.29. The summed E-state index contributed by atoms with van der Waals surface area (Å²) in [6, 6.07) is 4.98. The van der Waals surface area contributed by atoms with E-state index in [0.29, 0.717) is 17.1 Å². The Kier molecular flexibility index (Phi) is 6.11. The number of carbonyl (C=O) groups is 2. The lowest BCUT2D eigenvalue weighted by Crippen LogP contribution is -2.16. The van der Waals surface area contributed by atoms with Crippen LogP contribution in [0, 0.1) is 13.8 Å². The summed E-state index contributed by atoms with van der Waals surface area (Å²) >= 11 is 0.640.